The highest BCUT2D eigenvalue weighted by atomic mass is 32.2. The van der Waals surface area contributed by atoms with E-state index in [0.717, 1.165) is 0 Å². The summed E-state index contributed by atoms with van der Waals surface area (Å²) < 4.78 is -0.614. The van der Waals surface area contributed by atoms with Crippen molar-refractivity contribution in [2.45, 2.75) is 69.9 Å². The predicted octanol–water partition coefficient (Wildman–Crippen LogP) is 4.41. The van der Waals surface area contributed by atoms with Gasteiger partial charge in [-0.1, -0.05) is 13.8 Å². The molecule has 2 aliphatic carbocycles. The van der Waals surface area contributed by atoms with E-state index in [0.29, 0.717) is 70.9 Å². The first-order valence-electron chi connectivity index (χ1n) is 13.1. The Labute approximate surface area is 230 Å². The smallest absolute Gasteiger partial charge is 0.260 e. The lowest BCUT2D eigenvalue weighted by Gasteiger charge is -2.38. The molecule has 2 heterocycles. The minimum atomic E-state index is -1.05. The summed E-state index contributed by atoms with van der Waals surface area (Å²) in [6.45, 7) is 5.32. The van der Waals surface area contributed by atoms with E-state index in [9.17, 15) is 24.0 Å². The number of hydrogen-bond acceptors (Lipinski definition) is 8. The van der Waals surface area contributed by atoms with E-state index in [1.807, 2.05) is 13.8 Å². The number of anilines is 2. The van der Waals surface area contributed by atoms with Gasteiger partial charge in [-0.25, -0.2) is 10.0 Å². The molecule has 1 unspecified atom stereocenters. The van der Waals surface area contributed by atoms with Crippen LogP contribution in [-0.4, -0.2) is 44.8 Å². The summed E-state index contributed by atoms with van der Waals surface area (Å²) in [5.41, 5.74) is 8.01. The van der Waals surface area contributed by atoms with E-state index >= 15 is 0 Å². The normalized spacial score (nSPS) is 26.7. The molecule has 1 saturated carbocycles. The summed E-state index contributed by atoms with van der Waals surface area (Å²) >= 11 is 2.35. The van der Waals surface area contributed by atoms with Crippen LogP contribution in [0.25, 0.3) is 0 Å². The zero-order chi connectivity index (χ0) is 27.3. The number of thioether (sulfide) groups is 2. The van der Waals surface area contributed by atoms with Crippen LogP contribution >= 0.6 is 23.5 Å². The lowest BCUT2D eigenvalue weighted by Crippen LogP contribution is -2.49. The topological polar surface area (TPSA) is 118 Å². The molecule has 8 nitrogen and oxygen atoms in total. The third-order valence-corrected chi connectivity index (χ3v) is 10.9. The Balaban J connectivity index is 1.45. The highest BCUT2D eigenvalue weighted by molar-refractivity contribution is 8.24. The van der Waals surface area contributed by atoms with E-state index in [1.54, 1.807) is 36.2 Å². The van der Waals surface area contributed by atoms with Gasteiger partial charge in [-0.2, -0.15) is 0 Å². The first-order valence-corrected chi connectivity index (χ1v) is 14.9. The predicted molar refractivity (Wildman–Crippen MR) is 149 cm³/mol. The summed E-state index contributed by atoms with van der Waals surface area (Å²) in [6, 6.07) is 6.57. The van der Waals surface area contributed by atoms with Crippen molar-refractivity contribution < 1.29 is 24.0 Å². The Morgan fingerprint density at radius 1 is 0.868 bits per heavy atom. The molecule has 1 saturated heterocycles. The summed E-state index contributed by atoms with van der Waals surface area (Å²) in [7, 11) is 0. The van der Waals surface area contributed by atoms with Crippen molar-refractivity contribution in [2.75, 3.05) is 10.7 Å². The van der Waals surface area contributed by atoms with Crippen LogP contribution in [0.2, 0.25) is 0 Å². The molecule has 0 bridgehead atoms. The van der Waals surface area contributed by atoms with Gasteiger partial charge in [0.1, 0.15) is 11.7 Å². The molecular formula is C28H31N3O5S2. The number of ketones is 3. The van der Waals surface area contributed by atoms with Crippen LogP contribution in [0, 0.1) is 11.8 Å². The van der Waals surface area contributed by atoms with Crippen LogP contribution in [0.4, 0.5) is 11.4 Å². The molecule has 2 aliphatic heterocycles. The summed E-state index contributed by atoms with van der Waals surface area (Å²) in [6.07, 6.45) is 3.47. The molecule has 2 fully saturated rings. The molecule has 1 aromatic rings. The van der Waals surface area contributed by atoms with Crippen molar-refractivity contribution in [1.29, 1.82) is 0 Å². The van der Waals surface area contributed by atoms with Gasteiger partial charge in [0.05, 0.1) is 26.1 Å². The maximum Gasteiger partial charge on any atom is 0.260 e. The fraction of sp³-hybridized carbons (Fsp3) is 0.464. The maximum atomic E-state index is 14.0. The van der Waals surface area contributed by atoms with Crippen molar-refractivity contribution >= 4 is 64.1 Å². The van der Waals surface area contributed by atoms with Crippen LogP contribution in [0.3, 0.4) is 0 Å². The van der Waals surface area contributed by atoms with Gasteiger partial charge in [0.15, 0.2) is 11.6 Å². The van der Waals surface area contributed by atoms with E-state index in [1.165, 1.54) is 28.5 Å². The Morgan fingerprint density at radius 3 is 1.87 bits per heavy atom. The largest absolute Gasteiger partial charge is 0.399 e. The molecule has 0 aromatic heterocycles. The average Bonchev–Trinajstić information content (AvgIpc) is 3.45. The SMILES string of the molecule is CCC1=C(CC)C(=O)C2=C(SC(C3C(=O)N(c4ccc(N)cc4)N(C4CCC(C(C)=O)CC4)C3=O)S2)C1=O. The first kappa shape index (κ1) is 26.7. The molecule has 200 valence electrons. The lowest BCUT2D eigenvalue weighted by atomic mass is 9.83. The second kappa shape index (κ2) is 10.4. The van der Waals surface area contributed by atoms with Crippen LogP contribution < -0.4 is 10.7 Å². The molecule has 0 spiro atoms. The number of nitrogens with zero attached hydrogens (tertiary/aromatic N) is 2. The molecule has 5 rings (SSSR count). The molecule has 1 atom stereocenters. The van der Waals surface area contributed by atoms with E-state index in [2.05, 4.69) is 0 Å². The monoisotopic (exact) mass is 553 g/mol. The van der Waals surface area contributed by atoms with Crippen LogP contribution in [0.1, 0.15) is 59.3 Å². The zero-order valence-corrected chi connectivity index (χ0v) is 23.3. The van der Waals surface area contributed by atoms with Gasteiger partial charge in [-0.3, -0.25) is 24.0 Å². The molecule has 0 radical (unpaired) electrons. The number of nitrogen functional groups attached to an aromatic ring is 1. The maximum absolute atomic E-state index is 14.0. The Morgan fingerprint density at radius 2 is 1.39 bits per heavy atom. The average molecular weight is 554 g/mol. The molecule has 2 N–H and O–H groups in total. The number of rotatable bonds is 6. The molecule has 38 heavy (non-hydrogen) atoms. The first-order chi connectivity index (χ1) is 18.2. The van der Waals surface area contributed by atoms with E-state index in [4.69, 9.17) is 5.73 Å². The number of hydrazine groups is 1. The number of amides is 2. The quantitative estimate of drug-likeness (QED) is 0.313. The Hall–Kier alpha value is -2.85. The third-order valence-electron chi connectivity index (χ3n) is 7.92. The van der Waals surface area contributed by atoms with Gasteiger partial charge in [0.25, 0.3) is 11.8 Å². The van der Waals surface area contributed by atoms with Crippen LogP contribution in [0.15, 0.2) is 45.2 Å². The summed E-state index contributed by atoms with van der Waals surface area (Å²) in [4.78, 5) is 67.2. The number of carbonyl (C=O) groups is 5. The fourth-order valence-electron chi connectivity index (χ4n) is 5.86. The van der Waals surface area contributed by atoms with E-state index in [-0.39, 0.29) is 41.1 Å². The standard InChI is InChI=1S/C28H31N3O5S2/c1-4-19-20(5-2)23(34)25-24(22(19)33)37-28(38-25)21-26(35)30(17-10-6-15(7-11-17)14(3)32)31(27(21)36)18-12-8-16(29)9-13-18/h8-9,12-13,15,17,21,28H,4-7,10-11,29H2,1-3H3. The zero-order valence-electron chi connectivity index (χ0n) is 21.7. The molecular weight excluding hydrogens is 522 g/mol. The molecule has 4 aliphatic rings. The second-order valence-corrected chi connectivity index (χ2v) is 12.7. The van der Waals surface area contributed by atoms with Crippen LogP contribution in [0.5, 0.6) is 0 Å². The molecule has 10 heteroatoms. The number of carbonyl (C=O) groups excluding carboxylic acids is 5. The van der Waals surface area contributed by atoms with Crippen molar-refractivity contribution in [3.8, 4) is 0 Å². The van der Waals surface area contributed by atoms with Gasteiger partial charge >= 0.3 is 0 Å². The van der Waals surface area contributed by atoms with Crippen molar-refractivity contribution in [3.05, 3.63) is 45.2 Å². The second-order valence-electron chi connectivity index (χ2n) is 10.1. The Bertz CT molecular complexity index is 1260. The number of nitrogens with two attached hydrogens (primary N) is 1. The van der Waals surface area contributed by atoms with Gasteiger partial charge in [-0.15, -0.1) is 23.5 Å². The molecule has 1 aromatic carbocycles. The number of allylic oxidation sites excluding steroid dienone is 4. The third kappa shape index (κ3) is 4.31. The van der Waals surface area contributed by atoms with Gasteiger partial charge in [-0.05, 0) is 69.7 Å². The van der Waals surface area contributed by atoms with Crippen molar-refractivity contribution in [1.82, 2.24) is 5.01 Å². The van der Waals surface area contributed by atoms with Gasteiger partial charge in [0.2, 0.25) is 0 Å². The minimum absolute atomic E-state index is 0.0256. The Kier molecular flexibility index (Phi) is 7.30. The van der Waals surface area contributed by atoms with Crippen molar-refractivity contribution in [3.63, 3.8) is 0 Å². The van der Waals surface area contributed by atoms with Crippen LogP contribution in [-0.2, 0) is 24.0 Å². The lowest BCUT2D eigenvalue weighted by molar-refractivity contribution is -0.134. The fourth-order valence-corrected chi connectivity index (χ4v) is 8.98. The minimum Gasteiger partial charge on any atom is -0.399 e. The molecule has 2 amide bonds. The highest BCUT2D eigenvalue weighted by Crippen LogP contribution is 2.55. The number of benzene rings is 1. The van der Waals surface area contributed by atoms with Crippen molar-refractivity contribution in [2.24, 2.45) is 11.8 Å². The van der Waals surface area contributed by atoms with E-state index < -0.39 is 10.5 Å². The summed E-state index contributed by atoms with van der Waals surface area (Å²) in [5, 5.41) is 3.00. The highest BCUT2D eigenvalue weighted by Gasteiger charge is 2.56. The number of Topliss-reactive ketones (excluding diaryl/α,β-unsaturated/α-hetero) is 3. The number of hydrogen-bond donors (Lipinski definition) is 1. The van der Waals surface area contributed by atoms with Gasteiger partial charge < -0.3 is 5.73 Å². The van der Waals surface area contributed by atoms with Gasteiger partial charge in [0, 0.05) is 22.8 Å². The summed E-state index contributed by atoms with van der Waals surface area (Å²) in [5.74, 6) is -1.95.